The summed E-state index contributed by atoms with van der Waals surface area (Å²) in [4.78, 5) is 34.5. The van der Waals surface area contributed by atoms with Gasteiger partial charge in [0.1, 0.15) is 6.29 Å². The van der Waals surface area contributed by atoms with Crippen LogP contribution in [0, 0.1) is 0 Å². The maximum Gasteiger partial charge on any atom is 0.234 e. The number of carbonyl (C=O) groups is 3. The van der Waals surface area contributed by atoms with Crippen LogP contribution in [-0.4, -0.2) is 17.9 Å². The highest BCUT2D eigenvalue weighted by Crippen LogP contribution is 2.34. The molecule has 0 bridgehead atoms. The van der Waals surface area contributed by atoms with E-state index in [0.717, 1.165) is 16.7 Å². The summed E-state index contributed by atoms with van der Waals surface area (Å²) in [5, 5.41) is 0. The first-order chi connectivity index (χ1) is 9.72. The van der Waals surface area contributed by atoms with Crippen molar-refractivity contribution in [1.29, 1.82) is 0 Å². The van der Waals surface area contributed by atoms with Crippen LogP contribution in [0.2, 0.25) is 0 Å². The Hall–Kier alpha value is -2.81. The number of hydrogen-bond acceptors (Lipinski definition) is 3. The number of aldehydes is 1. The fraction of sp³-hybridized carbons (Fsp3) is 0. The molecule has 1 aliphatic carbocycles. The van der Waals surface area contributed by atoms with Crippen LogP contribution in [-0.2, 0) is 4.79 Å². The number of rotatable bonds is 2. The van der Waals surface area contributed by atoms with Gasteiger partial charge in [-0.2, -0.15) is 0 Å². The number of benzene rings is 2. The minimum Gasteiger partial charge on any atom is -0.299 e. The molecule has 96 valence electrons. The van der Waals surface area contributed by atoms with Gasteiger partial charge in [0.25, 0.3) is 0 Å². The highest BCUT2D eigenvalue weighted by molar-refractivity contribution is 6.53. The molecule has 1 aliphatic rings. The molecule has 0 fully saturated rings. The number of hydrogen-bond donors (Lipinski definition) is 0. The van der Waals surface area contributed by atoms with Gasteiger partial charge in [-0.25, -0.2) is 0 Å². The van der Waals surface area contributed by atoms with Gasteiger partial charge >= 0.3 is 0 Å². The third-order valence-corrected chi connectivity index (χ3v) is 3.32. The fourth-order valence-corrected chi connectivity index (χ4v) is 2.40. The number of allylic oxidation sites excluding steroid dienone is 1. The van der Waals surface area contributed by atoms with Gasteiger partial charge in [0.2, 0.25) is 11.6 Å². The Morgan fingerprint density at radius 2 is 1.40 bits per heavy atom. The van der Waals surface area contributed by atoms with Gasteiger partial charge in [0.05, 0.1) is 0 Å². The van der Waals surface area contributed by atoms with E-state index in [4.69, 9.17) is 0 Å². The molecular formula is C17H10O3. The minimum atomic E-state index is -0.482. The first kappa shape index (κ1) is 12.2. The number of Topliss-reactive ketones (excluding diaryl/α,β-unsaturated/α-hetero) is 2. The van der Waals surface area contributed by atoms with Crippen LogP contribution in [0.15, 0.2) is 48.5 Å². The molecular weight excluding hydrogens is 252 g/mol. The molecule has 0 saturated heterocycles. The molecule has 3 heteroatoms. The van der Waals surface area contributed by atoms with Crippen LogP contribution in [0.5, 0.6) is 0 Å². The molecule has 0 radical (unpaired) electrons. The summed E-state index contributed by atoms with van der Waals surface area (Å²) in [5.41, 5.74) is 3.15. The molecule has 0 atom stereocenters. The second-order valence-electron chi connectivity index (χ2n) is 4.50. The minimum absolute atomic E-state index is 0.414. The van der Waals surface area contributed by atoms with E-state index < -0.39 is 11.6 Å². The molecule has 0 saturated carbocycles. The Morgan fingerprint density at radius 1 is 0.750 bits per heavy atom. The standard InChI is InChI=1S/C17H10O3/c18-9-3-4-11-7-8-14-15(10-11)12-5-1-2-6-13(12)16(19)17(14)20/h1-10H. The van der Waals surface area contributed by atoms with Crippen molar-refractivity contribution >= 4 is 23.9 Å². The van der Waals surface area contributed by atoms with Crippen molar-refractivity contribution in [3.05, 3.63) is 65.2 Å². The van der Waals surface area contributed by atoms with Gasteiger partial charge in [-0.05, 0) is 34.9 Å². The summed E-state index contributed by atoms with van der Waals surface area (Å²) in [6.45, 7) is 0. The van der Waals surface area contributed by atoms with Crippen LogP contribution in [0.4, 0.5) is 0 Å². The van der Waals surface area contributed by atoms with E-state index in [1.54, 1.807) is 30.3 Å². The quantitative estimate of drug-likeness (QED) is 0.475. The second kappa shape index (κ2) is 4.70. The molecule has 0 aromatic heterocycles. The summed E-state index contributed by atoms with van der Waals surface area (Å²) in [6.07, 6.45) is 3.75. The molecule has 20 heavy (non-hydrogen) atoms. The average molecular weight is 262 g/mol. The van der Waals surface area contributed by atoms with Crippen molar-refractivity contribution in [3.63, 3.8) is 0 Å². The maximum atomic E-state index is 12.1. The zero-order valence-corrected chi connectivity index (χ0v) is 10.5. The zero-order valence-electron chi connectivity index (χ0n) is 10.5. The van der Waals surface area contributed by atoms with Crippen LogP contribution in [0.25, 0.3) is 17.2 Å². The highest BCUT2D eigenvalue weighted by atomic mass is 16.2. The van der Waals surface area contributed by atoms with Gasteiger partial charge in [-0.3, -0.25) is 14.4 Å². The van der Waals surface area contributed by atoms with Crippen molar-refractivity contribution in [2.75, 3.05) is 0 Å². The van der Waals surface area contributed by atoms with Gasteiger partial charge in [-0.15, -0.1) is 0 Å². The predicted molar refractivity (Wildman–Crippen MR) is 75.6 cm³/mol. The molecule has 2 aromatic rings. The molecule has 3 rings (SSSR count). The molecule has 0 aliphatic heterocycles. The summed E-state index contributed by atoms with van der Waals surface area (Å²) >= 11 is 0. The topological polar surface area (TPSA) is 51.2 Å². The molecule has 3 nitrogen and oxygen atoms in total. The fourth-order valence-electron chi connectivity index (χ4n) is 2.40. The molecule has 0 heterocycles. The van der Waals surface area contributed by atoms with E-state index in [1.165, 1.54) is 6.08 Å². The molecule has 0 amide bonds. The maximum absolute atomic E-state index is 12.1. The van der Waals surface area contributed by atoms with Gasteiger partial charge in [0.15, 0.2) is 0 Å². The lowest BCUT2D eigenvalue weighted by Crippen LogP contribution is -2.21. The number of fused-ring (bicyclic) bond motifs is 3. The Balaban J connectivity index is 2.25. The third kappa shape index (κ3) is 1.80. The molecule has 0 spiro atoms. The third-order valence-electron chi connectivity index (χ3n) is 3.32. The number of ketones is 2. The van der Waals surface area contributed by atoms with E-state index in [-0.39, 0.29) is 0 Å². The van der Waals surface area contributed by atoms with Crippen molar-refractivity contribution in [3.8, 4) is 11.1 Å². The lowest BCUT2D eigenvalue weighted by Gasteiger charge is -2.18. The SMILES string of the molecule is O=CC=Cc1ccc2c(c1)-c1ccccc1C(=O)C2=O. The first-order valence-electron chi connectivity index (χ1n) is 6.16. The molecule has 2 aromatic carbocycles. The Kier molecular flexibility index (Phi) is 2.88. The van der Waals surface area contributed by atoms with Crippen molar-refractivity contribution in [1.82, 2.24) is 0 Å². The smallest absolute Gasteiger partial charge is 0.234 e. The normalized spacial score (nSPS) is 13.2. The van der Waals surface area contributed by atoms with Gasteiger partial charge < -0.3 is 0 Å². The predicted octanol–water partition coefficient (Wildman–Crippen LogP) is 2.94. The Morgan fingerprint density at radius 3 is 2.10 bits per heavy atom. The summed E-state index contributed by atoms with van der Waals surface area (Å²) in [5.74, 6) is -0.950. The summed E-state index contributed by atoms with van der Waals surface area (Å²) in [7, 11) is 0. The number of carbonyl (C=O) groups excluding carboxylic acids is 3. The van der Waals surface area contributed by atoms with Gasteiger partial charge in [-0.1, -0.05) is 36.4 Å². The van der Waals surface area contributed by atoms with Crippen LogP contribution in [0.3, 0.4) is 0 Å². The van der Waals surface area contributed by atoms with E-state index in [2.05, 4.69) is 0 Å². The second-order valence-corrected chi connectivity index (χ2v) is 4.50. The van der Waals surface area contributed by atoms with Crippen molar-refractivity contribution in [2.45, 2.75) is 0 Å². The largest absolute Gasteiger partial charge is 0.299 e. The summed E-state index contributed by atoms with van der Waals surface area (Å²) in [6, 6.07) is 12.2. The van der Waals surface area contributed by atoms with Gasteiger partial charge in [0, 0.05) is 11.1 Å². The van der Waals surface area contributed by atoms with E-state index >= 15 is 0 Å². The molecule has 0 N–H and O–H groups in total. The van der Waals surface area contributed by atoms with Crippen LogP contribution < -0.4 is 0 Å². The average Bonchev–Trinajstić information content (AvgIpc) is 2.50. The van der Waals surface area contributed by atoms with E-state index in [1.807, 2.05) is 18.2 Å². The lowest BCUT2D eigenvalue weighted by atomic mass is 9.83. The monoisotopic (exact) mass is 262 g/mol. The Labute approximate surface area is 115 Å². The van der Waals surface area contributed by atoms with E-state index in [0.29, 0.717) is 17.4 Å². The van der Waals surface area contributed by atoms with E-state index in [9.17, 15) is 14.4 Å². The lowest BCUT2D eigenvalue weighted by molar-refractivity contribution is -0.104. The summed E-state index contributed by atoms with van der Waals surface area (Å²) < 4.78 is 0. The van der Waals surface area contributed by atoms with Crippen LogP contribution in [0.1, 0.15) is 26.3 Å². The molecule has 0 unspecified atom stereocenters. The Bertz CT molecular complexity index is 770. The highest BCUT2D eigenvalue weighted by Gasteiger charge is 2.29. The first-order valence-corrected chi connectivity index (χ1v) is 6.16. The van der Waals surface area contributed by atoms with Crippen molar-refractivity contribution in [2.24, 2.45) is 0 Å². The van der Waals surface area contributed by atoms with Crippen LogP contribution >= 0.6 is 0 Å². The van der Waals surface area contributed by atoms with Crippen molar-refractivity contribution < 1.29 is 14.4 Å². The zero-order chi connectivity index (χ0) is 14.1.